The van der Waals surface area contributed by atoms with Crippen LogP contribution in [0.5, 0.6) is 0 Å². The first kappa shape index (κ1) is 16.4. The highest BCUT2D eigenvalue weighted by atomic mass is 35.5. The van der Waals surface area contributed by atoms with Gasteiger partial charge in [0.25, 0.3) is 0 Å². The molecule has 1 aromatic heterocycles. The molecule has 0 amide bonds. The smallest absolute Gasteiger partial charge is 0.241 e. The molecule has 8 heteroatoms. The van der Waals surface area contributed by atoms with E-state index in [0.717, 1.165) is 11.6 Å². The van der Waals surface area contributed by atoms with Crippen LogP contribution in [0.15, 0.2) is 33.9 Å². The van der Waals surface area contributed by atoms with Crippen molar-refractivity contribution in [3.05, 3.63) is 50.9 Å². The van der Waals surface area contributed by atoms with Crippen LogP contribution in [0.25, 0.3) is 0 Å². The van der Waals surface area contributed by atoms with Crippen LogP contribution < -0.4 is 10.5 Å². The van der Waals surface area contributed by atoms with Crippen LogP contribution in [-0.4, -0.2) is 8.42 Å². The highest BCUT2D eigenvalue weighted by molar-refractivity contribution is 7.89. The van der Waals surface area contributed by atoms with E-state index in [2.05, 4.69) is 4.72 Å². The first-order valence-corrected chi connectivity index (χ1v) is 8.88. The molecule has 0 saturated heterocycles. The Kier molecular flexibility index (Phi) is 5.00. The molecular formula is C13H14ClFN2O2S2. The quantitative estimate of drug-likeness (QED) is 0.872. The lowest BCUT2D eigenvalue weighted by Gasteiger charge is -2.14. The third kappa shape index (κ3) is 3.61. The van der Waals surface area contributed by atoms with Crippen molar-refractivity contribution in [1.29, 1.82) is 0 Å². The maximum absolute atomic E-state index is 13.7. The minimum absolute atomic E-state index is 0.0425. The number of nitrogens with two attached hydrogens (primary N) is 1. The molecule has 3 N–H and O–H groups in total. The van der Waals surface area contributed by atoms with Crippen LogP contribution in [0.2, 0.25) is 5.02 Å². The summed E-state index contributed by atoms with van der Waals surface area (Å²) in [6, 6.07) is 3.59. The maximum Gasteiger partial charge on any atom is 0.241 e. The fourth-order valence-electron chi connectivity index (χ4n) is 1.81. The number of sulfonamides is 1. The van der Waals surface area contributed by atoms with Crippen LogP contribution in [0.4, 0.5) is 4.39 Å². The molecule has 2 rings (SSSR count). The molecule has 4 nitrogen and oxygen atoms in total. The summed E-state index contributed by atoms with van der Waals surface area (Å²) in [5, 5.41) is 3.55. The minimum atomic E-state index is -3.86. The molecule has 0 fully saturated rings. The number of rotatable bonds is 5. The van der Waals surface area contributed by atoms with Gasteiger partial charge >= 0.3 is 0 Å². The van der Waals surface area contributed by atoms with Gasteiger partial charge in [0.2, 0.25) is 10.0 Å². The second kappa shape index (κ2) is 6.41. The summed E-state index contributed by atoms with van der Waals surface area (Å²) in [5.74, 6) is -0.803. The Morgan fingerprint density at radius 2 is 2.19 bits per heavy atom. The van der Waals surface area contributed by atoms with E-state index in [1.54, 1.807) is 6.92 Å². The summed E-state index contributed by atoms with van der Waals surface area (Å²) >= 11 is 7.20. The Bertz CT molecular complexity index is 733. The van der Waals surface area contributed by atoms with E-state index in [0.29, 0.717) is 0 Å². The molecule has 0 saturated carbocycles. The maximum atomic E-state index is 13.7. The fourth-order valence-corrected chi connectivity index (χ4v) is 4.05. The zero-order chi connectivity index (χ0) is 15.6. The molecular weight excluding hydrogens is 335 g/mol. The van der Waals surface area contributed by atoms with Crippen molar-refractivity contribution in [1.82, 2.24) is 4.72 Å². The van der Waals surface area contributed by atoms with Crippen LogP contribution in [-0.2, 0) is 16.6 Å². The Morgan fingerprint density at radius 1 is 1.48 bits per heavy atom. The van der Waals surface area contributed by atoms with E-state index in [-0.39, 0.29) is 22.0 Å². The van der Waals surface area contributed by atoms with Crippen molar-refractivity contribution < 1.29 is 12.8 Å². The Hall–Kier alpha value is -0.990. The van der Waals surface area contributed by atoms with Gasteiger partial charge in [-0.15, -0.1) is 0 Å². The largest absolute Gasteiger partial charge is 0.326 e. The summed E-state index contributed by atoms with van der Waals surface area (Å²) in [4.78, 5) is -0.188. The Morgan fingerprint density at radius 3 is 2.76 bits per heavy atom. The summed E-state index contributed by atoms with van der Waals surface area (Å²) < 4.78 is 40.8. The molecule has 2 aromatic rings. The number of thiophene rings is 1. The summed E-state index contributed by atoms with van der Waals surface area (Å²) in [6.07, 6.45) is 0. The van der Waals surface area contributed by atoms with E-state index < -0.39 is 21.9 Å². The molecule has 0 aliphatic carbocycles. The first-order valence-electron chi connectivity index (χ1n) is 6.07. The SMILES string of the molecule is CC(NS(=O)(=O)c1cc(F)c(Cl)c(CN)c1)c1ccsc1. The lowest BCUT2D eigenvalue weighted by Crippen LogP contribution is -2.27. The number of nitrogens with one attached hydrogen (secondary N) is 1. The molecule has 1 atom stereocenters. The molecule has 0 aliphatic rings. The molecule has 0 bridgehead atoms. The Balaban J connectivity index is 2.34. The van der Waals surface area contributed by atoms with E-state index in [9.17, 15) is 12.8 Å². The average Bonchev–Trinajstić information content (AvgIpc) is 2.95. The fraction of sp³-hybridized carbons (Fsp3) is 0.231. The third-order valence-corrected chi connectivity index (χ3v) is 5.63. The minimum Gasteiger partial charge on any atom is -0.326 e. The normalized spacial score (nSPS) is 13.3. The summed E-state index contributed by atoms with van der Waals surface area (Å²) in [7, 11) is -3.86. The van der Waals surface area contributed by atoms with Crippen LogP contribution in [0.1, 0.15) is 24.1 Å². The van der Waals surface area contributed by atoms with E-state index in [4.69, 9.17) is 17.3 Å². The van der Waals surface area contributed by atoms with Gasteiger partial charge in [-0.1, -0.05) is 11.6 Å². The zero-order valence-corrected chi connectivity index (χ0v) is 13.5. The molecule has 1 heterocycles. The number of halogens is 2. The lowest BCUT2D eigenvalue weighted by molar-refractivity contribution is 0.564. The van der Waals surface area contributed by atoms with Gasteiger partial charge in [-0.2, -0.15) is 11.3 Å². The molecule has 1 aromatic carbocycles. The van der Waals surface area contributed by atoms with Gasteiger partial charge < -0.3 is 5.73 Å². The average molecular weight is 349 g/mol. The number of hydrogen-bond acceptors (Lipinski definition) is 4. The summed E-state index contributed by atoms with van der Waals surface area (Å²) in [5.41, 5.74) is 6.54. The van der Waals surface area contributed by atoms with E-state index in [1.165, 1.54) is 17.4 Å². The van der Waals surface area contributed by atoms with Gasteiger partial charge in [0.15, 0.2) is 0 Å². The topological polar surface area (TPSA) is 72.2 Å². The first-order chi connectivity index (χ1) is 9.85. The van der Waals surface area contributed by atoms with Gasteiger partial charge in [-0.25, -0.2) is 17.5 Å². The summed E-state index contributed by atoms with van der Waals surface area (Å²) in [6.45, 7) is 1.68. The second-order valence-electron chi connectivity index (χ2n) is 4.48. The monoisotopic (exact) mass is 348 g/mol. The van der Waals surface area contributed by atoms with Gasteiger partial charge in [0.1, 0.15) is 5.82 Å². The van der Waals surface area contributed by atoms with Gasteiger partial charge in [0.05, 0.1) is 9.92 Å². The zero-order valence-electron chi connectivity index (χ0n) is 11.1. The molecule has 21 heavy (non-hydrogen) atoms. The van der Waals surface area contributed by atoms with Gasteiger partial charge in [-0.3, -0.25) is 0 Å². The standard InChI is InChI=1S/C13H14ClFN2O2S2/c1-8(9-2-3-20-7-9)17-21(18,19)11-4-10(6-16)13(14)12(15)5-11/h2-5,7-8,17H,6,16H2,1H3. The van der Waals surface area contributed by atoms with Crippen molar-refractivity contribution in [2.75, 3.05) is 0 Å². The van der Waals surface area contributed by atoms with Crippen molar-refractivity contribution in [3.8, 4) is 0 Å². The lowest BCUT2D eigenvalue weighted by atomic mass is 10.2. The van der Waals surface area contributed by atoms with Gasteiger partial charge in [-0.05, 0) is 47.0 Å². The number of benzene rings is 1. The molecule has 0 radical (unpaired) electrons. The van der Waals surface area contributed by atoms with Crippen molar-refractivity contribution in [2.45, 2.75) is 24.4 Å². The van der Waals surface area contributed by atoms with E-state index >= 15 is 0 Å². The highest BCUT2D eigenvalue weighted by Gasteiger charge is 2.21. The Labute approximate surface area is 131 Å². The van der Waals surface area contributed by atoms with E-state index in [1.807, 2.05) is 16.8 Å². The number of hydrogen-bond donors (Lipinski definition) is 2. The van der Waals surface area contributed by atoms with Crippen molar-refractivity contribution in [3.63, 3.8) is 0 Å². The van der Waals surface area contributed by atoms with Gasteiger partial charge in [0, 0.05) is 12.6 Å². The van der Waals surface area contributed by atoms with Crippen molar-refractivity contribution >= 4 is 33.0 Å². The molecule has 0 aliphatic heterocycles. The van der Waals surface area contributed by atoms with Crippen LogP contribution in [0, 0.1) is 5.82 Å². The molecule has 0 spiro atoms. The van der Waals surface area contributed by atoms with Crippen LogP contribution in [0.3, 0.4) is 0 Å². The predicted molar refractivity (Wildman–Crippen MR) is 82.4 cm³/mol. The second-order valence-corrected chi connectivity index (χ2v) is 7.35. The predicted octanol–water partition coefficient (Wildman–Crippen LogP) is 3.04. The molecule has 1 unspecified atom stereocenters. The van der Waals surface area contributed by atoms with Crippen molar-refractivity contribution in [2.24, 2.45) is 5.73 Å². The van der Waals surface area contributed by atoms with Crippen LogP contribution >= 0.6 is 22.9 Å². The molecule has 114 valence electrons. The third-order valence-electron chi connectivity index (χ3n) is 2.98. The highest BCUT2D eigenvalue weighted by Crippen LogP contribution is 2.25.